The molecular formula is C13H16N4O. The Hall–Kier alpha value is -2.04. The third-order valence-corrected chi connectivity index (χ3v) is 3.08. The van der Waals surface area contributed by atoms with Crippen LogP contribution in [0, 0.1) is 0 Å². The number of nitrogens with two attached hydrogens (primary N) is 1. The van der Waals surface area contributed by atoms with Crippen molar-refractivity contribution in [1.82, 2.24) is 15.0 Å². The zero-order valence-electron chi connectivity index (χ0n) is 10.1. The highest BCUT2D eigenvalue weighted by molar-refractivity contribution is 5.38. The van der Waals surface area contributed by atoms with Gasteiger partial charge in [-0.2, -0.15) is 0 Å². The summed E-state index contributed by atoms with van der Waals surface area (Å²) in [6.07, 6.45) is 2.38. The summed E-state index contributed by atoms with van der Waals surface area (Å²) < 4.78 is 7.52. The number of hydrogen-bond donors (Lipinski definition) is 1. The van der Waals surface area contributed by atoms with Crippen LogP contribution in [0.25, 0.3) is 0 Å². The lowest BCUT2D eigenvalue weighted by Crippen LogP contribution is -2.12. The maximum absolute atomic E-state index is 5.83. The number of nitrogen functional groups attached to an aromatic ring is 1. The maximum atomic E-state index is 5.83. The molecule has 5 heteroatoms. The quantitative estimate of drug-likeness (QED) is 0.871. The minimum absolute atomic E-state index is 0.553. The summed E-state index contributed by atoms with van der Waals surface area (Å²) in [5.74, 6) is 1.99. The minimum Gasteiger partial charge on any atom is -0.492 e. The first kappa shape index (κ1) is 11.1. The number of aromatic nitrogens is 3. The van der Waals surface area contributed by atoms with Gasteiger partial charge in [0.1, 0.15) is 12.4 Å². The molecule has 2 N–H and O–H groups in total. The number of rotatable bonds is 5. The average molecular weight is 244 g/mol. The van der Waals surface area contributed by atoms with E-state index >= 15 is 0 Å². The lowest BCUT2D eigenvalue weighted by atomic mass is 10.3. The Morgan fingerprint density at radius 1 is 1.28 bits per heavy atom. The average Bonchev–Trinajstić information content (AvgIpc) is 3.16. The van der Waals surface area contributed by atoms with Crippen molar-refractivity contribution in [3.63, 3.8) is 0 Å². The molecular weight excluding hydrogens is 228 g/mol. The molecule has 1 aromatic heterocycles. The lowest BCUT2D eigenvalue weighted by molar-refractivity contribution is 0.287. The highest BCUT2D eigenvalue weighted by Crippen LogP contribution is 2.41. The van der Waals surface area contributed by atoms with Gasteiger partial charge in [-0.05, 0) is 25.0 Å². The molecule has 94 valence electrons. The van der Waals surface area contributed by atoms with Gasteiger partial charge in [-0.1, -0.05) is 23.4 Å². The Balaban J connectivity index is 1.60. The number of hydrogen-bond acceptors (Lipinski definition) is 4. The highest BCUT2D eigenvalue weighted by Gasteiger charge is 2.30. The first-order chi connectivity index (χ1) is 8.84. The summed E-state index contributed by atoms with van der Waals surface area (Å²) in [6.45, 7) is 1.26. The zero-order valence-corrected chi connectivity index (χ0v) is 10.1. The molecule has 0 saturated heterocycles. The molecule has 1 heterocycles. The third kappa shape index (κ3) is 2.30. The molecule has 0 amide bonds. The van der Waals surface area contributed by atoms with Crippen LogP contribution < -0.4 is 10.5 Å². The van der Waals surface area contributed by atoms with Crippen molar-refractivity contribution < 1.29 is 4.74 Å². The van der Waals surface area contributed by atoms with E-state index in [4.69, 9.17) is 10.5 Å². The fraction of sp³-hybridized carbons (Fsp3) is 0.385. The Morgan fingerprint density at radius 2 is 2.06 bits per heavy atom. The van der Waals surface area contributed by atoms with Crippen LogP contribution in [0.4, 0.5) is 5.82 Å². The van der Waals surface area contributed by atoms with Crippen molar-refractivity contribution in [2.24, 2.45) is 0 Å². The van der Waals surface area contributed by atoms with Gasteiger partial charge in [0.25, 0.3) is 0 Å². The van der Waals surface area contributed by atoms with Gasteiger partial charge < -0.3 is 10.5 Å². The predicted molar refractivity (Wildman–Crippen MR) is 68.3 cm³/mol. The molecule has 1 fully saturated rings. The summed E-state index contributed by atoms with van der Waals surface area (Å²) in [4.78, 5) is 0. The van der Waals surface area contributed by atoms with E-state index in [1.165, 1.54) is 12.8 Å². The van der Waals surface area contributed by atoms with Gasteiger partial charge in [-0.25, -0.2) is 4.68 Å². The lowest BCUT2D eigenvalue weighted by Gasteiger charge is -2.08. The van der Waals surface area contributed by atoms with Crippen molar-refractivity contribution in [3.05, 3.63) is 36.0 Å². The SMILES string of the molecule is Nc1nnn(CCOc2ccccc2)c1C1CC1. The molecule has 1 aliphatic carbocycles. The van der Waals surface area contributed by atoms with Gasteiger partial charge >= 0.3 is 0 Å². The standard InChI is InChI=1S/C13H16N4O/c14-13-12(10-6-7-10)17(16-15-13)8-9-18-11-4-2-1-3-5-11/h1-5,10H,6-9,14H2. The van der Waals surface area contributed by atoms with E-state index in [2.05, 4.69) is 10.3 Å². The van der Waals surface area contributed by atoms with E-state index in [0.717, 1.165) is 11.4 Å². The van der Waals surface area contributed by atoms with Crippen LogP contribution in [0.15, 0.2) is 30.3 Å². The molecule has 0 aliphatic heterocycles. The largest absolute Gasteiger partial charge is 0.492 e. The molecule has 1 aromatic carbocycles. The highest BCUT2D eigenvalue weighted by atomic mass is 16.5. The van der Waals surface area contributed by atoms with Gasteiger partial charge in [-0.15, -0.1) is 5.10 Å². The summed E-state index contributed by atoms with van der Waals surface area (Å²) in [6, 6.07) is 9.77. The van der Waals surface area contributed by atoms with Crippen LogP contribution in [0.1, 0.15) is 24.5 Å². The summed E-state index contributed by atoms with van der Waals surface area (Å²) in [5.41, 5.74) is 6.91. The van der Waals surface area contributed by atoms with Crippen molar-refractivity contribution in [1.29, 1.82) is 0 Å². The smallest absolute Gasteiger partial charge is 0.169 e. The first-order valence-electron chi connectivity index (χ1n) is 6.21. The van der Waals surface area contributed by atoms with Gasteiger partial charge in [-0.3, -0.25) is 0 Å². The Labute approximate surface area is 106 Å². The van der Waals surface area contributed by atoms with Crippen LogP contribution in [0.2, 0.25) is 0 Å². The molecule has 0 atom stereocenters. The van der Waals surface area contributed by atoms with Gasteiger partial charge in [0, 0.05) is 5.92 Å². The van der Waals surface area contributed by atoms with Crippen LogP contribution in [0.5, 0.6) is 5.75 Å². The van der Waals surface area contributed by atoms with Crippen molar-refractivity contribution in [3.8, 4) is 5.75 Å². The van der Waals surface area contributed by atoms with E-state index in [0.29, 0.717) is 24.9 Å². The normalized spacial score (nSPS) is 14.7. The van der Waals surface area contributed by atoms with Crippen molar-refractivity contribution in [2.45, 2.75) is 25.3 Å². The van der Waals surface area contributed by atoms with Gasteiger partial charge in [0.15, 0.2) is 5.82 Å². The summed E-state index contributed by atoms with van der Waals surface area (Å²) in [5, 5.41) is 8.01. The molecule has 5 nitrogen and oxygen atoms in total. The van der Waals surface area contributed by atoms with E-state index in [1.54, 1.807) is 0 Å². The molecule has 1 aliphatic rings. The second-order valence-corrected chi connectivity index (χ2v) is 4.52. The summed E-state index contributed by atoms with van der Waals surface area (Å²) >= 11 is 0. The Bertz CT molecular complexity index is 519. The second-order valence-electron chi connectivity index (χ2n) is 4.52. The number of ether oxygens (including phenoxy) is 1. The molecule has 2 aromatic rings. The van der Waals surface area contributed by atoms with E-state index in [9.17, 15) is 0 Å². The molecule has 18 heavy (non-hydrogen) atoms. The zero-order chi connectivity index (χ0) is 12.4. The van der Waals surface area contributed by atoms with Crippen LogP contribution >= 0.6 is 0 Å². The third-order valence-electron chi connectivity index (χ3n) is 3.08. The van der Waals surface area contributed by atoms with Gasteiger partial charge in [0.2, 0.25) is 0 Å². The van der Waals surface area contributed by atoms with Gasteiger partial charge in [0.05, 0.1) is 12.2 Å². The Morgan fingerprint density at radius 3 is 2.78 bits per heavy atom. The summed E-state index contributed by atoms with van der Waals surface area (Å²) in [7, 11) is 0. The number of benzene rings is 1. The Kier molecular flexibility index (Phi) is 2.88. The second kappa shape index (κ2) is 4.68. The topological polar surface area (TPSA) is 66.0 Å². The van der Waals surface area contributed by atoms with E-state index in [-0.39, 0.29) is 0 Å². The van der Waals surface area contributed by atoms with E-state index < -0.39 is 0 Å². The molecule has 0 unspecified atom stereocenters. The van der Waals surface area contributed by atoms with Crippen LogP contribution in [0.3, 0.4) is 0 Å². The monoisotopic (exact) mass is 244 g/mol. The number of anilines is 1. The van der Waals surface area contributed by atoms with Crippen molar-refractivity contribution in [2.75, 3.05) is 12.3 Å². The minimum atomic E-state index is 0.553. The predicted octanol–water partition coefficient (Wildman–Crippen LogP) is 1.82. The van der Waals surface area contributed by atoms with Crippen molar-refractivity contribution >= 4 is 5.82 Å². The van der Waals surface area contributed by atoms with Crippen LogP contribution in [-0.2, 0) is 6.54 Å². The van der Waals surface area contributed by atoms with Crippen LogP contribution in [-0.4, -0.2) is 21.6 Å². The molecule has 1 saturated carbocycles. The molecule has 3 rings (SSSR count). The fourth-order valence-corrected chi connectivity index (χ4v) is 2.04. The maximum Gasteiger partial charge on any atom is 0.169 e. The molecule has 0 bridgehead atoms. The van der Waals surface area contributed by atoms with E-state index in [1.807, 2.05) is 35.0 Å². The number of para-hydroxylation sites is 1. The molecule has 0 radical (unpaired) electrons. The number of nitrogens with zero attached hydrogens (tertiary/aromatic N) is 3. The fourth-order valence-electron chi connectivity index (χ4n) is 2.04. The first-order valence-corrected chi connectivity index (χ1v) is 6.21. The molecule has 0 spiro atoms.